The molecule has 3 aromatic rings. The van der Waals surface area contributed by atoms with Crippen molar-refractivity contribution in [3.63, 3.8) is 0 Å². The van der Waals surface area contributed by atoms with Crippen LogP contribution in [0.25, 0.3) is 22.0 Å². The maximum atomic E-state index is 12.5. The van der Waals surface area contributed by atoms with Crippen LogP contribution >= 0.6 is 22.7 Å². The number of thiazole rings is 1. The molecule has 9 heteroatoms. The molecule has 0 fully saturated rings. The molecule has 1 amide bonds. The van der Waals surface area contributed by atoms with Gasteiger partial charge in [0.05, 0.1) is 12.3 Å². The number of aromatic nitrogens is 2. The summed E-state index contributed by atoms with van der Waals surface area (Å²) < 4.78 is 5.01. The van der Waals surface area contributed by atoms with Crippen LogP contribution in [0.2, 0.25) is 0 Å². The molecule has 7 nitrogen and oxygen atoms in total. The number of hydrogen-bond donors (Lipinski definition) is 3. The Morgan fingerprint density at radius 3 is 3.07 bits per heavy atom. The van der Waals surface area contributed by atoms with E-state index < -0.39 is 0 Å². The van der Waals surface area contributed by atoms with Crippen LogP contribution in [0.5, 0.6) is 0 Å². The first-order valence-corrected chi connectivity index (χ1v) is 11.7. The largest absolute Gasteiger partial charge is 0.383 e. The van der Waals surface area contributed by atoms with Gasteiger partial charge >= 0.3 is 0 Å². The van der Waals surface area contributed by atoms with Gasteiger partial charge < -0.3 is 20.7 Å². The summed E-state index contributed by atoms with van der Waals surface area (Å²) >= 11 is 3.25. The molecule has 0 spiro atoms. The fourth-order valence-electron chi connectivity index (χ4n) is 3.36. The normalized spacial score (nSPS) is 13.2. The quantitative estimate of drug-likeness (QED) is 0.441. The first-order chi connectivity index (χ1) is 14.8. The molecule has 30 heavy (non-hydrogen) atoms. The summed E-state index contributed by atoms with van der Waals surface area (Å²) in [5.41, 5.74) is 4.10. The smallest absolute Gasteiger partial charge is 0.226 e. The monoisotopic (exact) mass is 443 g/mol. The Morgan fingerprint density at radius 2 is 2.23 bits per heavy atom. The van der Waals surface area contributed by atoms with Gasteiger partial charge in [-0.05, 0) is 30.7 Å². The van der Waals surface area contributed by atoms with Crippen molar-refractivity contribution in [2.75, 3.05) is 38.7 Å². The van der Waals surface area contributed by atoms with E-state index in [1.54, 1.807) is 36.0 Å². The number of carbonyl (C=O) groups is 1. The van der Waals surface area contributed by atoms with Crippen LogP contribution in [0.3, 0.4) is 0 Å². The Morgan fingerprint density at radius 1 is 1.30 bits per heavy atom. The van der Waals surface area contributed by atoms with Crippen LogP contribution < -0.4 is 16.0 Å². The Labute approximate surface area is 183 Å². The van der Waals surface area contributed by atoms with E-state index in [4.69, 9.17) is 9.72 Å². The van der Waals surface area contributed by atoms with E-state index in [1.807, 2.05) is 23.6 Å². The molecule has 4 rings (SSSR count). The fourth-order valence-corrected chi connectivity index (χ4v) is 5.55. The third kappa shape index (κ3) is 4.93. The molecule has 0 bridgehead atoms. The standard InChI is InChI=1S/C21H25N5O2S2/c1-28-11-10-22-9-6-18(27)26-21-19(14-5-8-23-12-17(14)30-21)20-25-16(13-29-20)15-4-2-3-7-24-15/h2-4,7,13,22-23H,5-6,8-12H2,1H3,(H,26,27). The third-order valence-corrected chi connectivity index (χ3v) is 6.85. The Bertz CT molecular complexity index is 987. The summed E-state index contributed by atoms with van der Waals surface area (Å²) in [6, 6.07) is 5.83. The fraction of sp³-hybridized carbons (Fsp3) is 0.381. The number of carbonyl (C=O) groups excluding carboxylic acids is 1. The van der Waals surface area contributed by atoms with E-state index in [-0.39, 0.29) is 5.91 Å². The predicted octanol–water partition coefficient (Wildman–Crippen LogP) is 3.14. The lowest BCUT2D eigenvalue weighted by Gasteiger charge is -2.13. The van der Waals surface area contributed by atoms with E-state index in [1.165, 1.54) is 10.4 Å². The average molecular weight is 444 g/mol. The van der Waals surface area contributed by atoms with Gasteiger partial charge in [-0.1, -0.05) is 6.07 Å². The number of amides is 1. The molecule has 0 unspecified atom stereocenters. The van der Waals surface area contributed by atoms with Crippen LogP contribution in [0.15, 0.2) is 29.8 Å². The number of fused-ring (bicyclic) bond motifs is 1. The van der Waals surface area contributed by atoms with Crippen molar-refractivity contribution < 1.29 is 9.53 Å². The van der Waals surface area contributed by atoms with E-state index in [9.17, 15) is 4.79 Å². The van der Waals surface area contributed by atoms with Crippen molar-refractivity contribution in [2.45, 2.75) is 19.4 Å². The number of thiophene rings is 1. The summed E-state index contributed by atoms with van der Waals surface area (Å²) in [6.45, 7) is 3.77. The van der Waals surface area contributed by atoms with Crippen molar-refractivity contribution in [2.24, 2.45) is 0 Å². The van der Waals surface area contributed by atoms with Crippen molar-refractivity contribution in [1.82, 2.24) is 20.6 Å². The van der Waals surface area contributed by atoms with Crippen molar-refractivity contribution in [3.05, 3.63) is 40.2 Å². The van der Waals surface area contributed by atoms with Crippen LogP contribution in [0.4, 0.5) is 5.00 Å². The van der Waals surface area contributed by atoms with Crippen molar-refractivity contribution in [3.8, 4) is 22.0 Å². The van der Waals surface area contributed by atoms with Crippen molar-refractivity contribution in [1.29, 1.82) is 0 Å². The zero-order valence-corrected chi connectivity index (χ0v) is 18.5. The second kappa shape index (κ2) is 10.2. The molecule has 0 radical (unpaired) electrons. The van der Waals surface area contributed by atoms with Gasteiger partial charge in [-0.15, -0.1) is 22.7 Å². The molecule has 1 aliphatic rings. The highest BCUT2D eigenvalue weighted by molar-refractivity contribution is 7.18. The highest BCUT2D eigenvalue weighted by atomic mass is 32.1. The minimum atomic E-state index is 0.00854. The van der Waals surface area contributed by atoms with Gasteiger partial charge in [-0.2, -0.15) is 0 Å². The second-order valence-electron chi connectivity index (χ2n) is 6.93. The van der Waals surface area contributed by atoms with E-state index in [0.717, 1.165) is 53.0 Å². The molecule has 1 aliphatic heterocycles. The molecular weight excluding hydrogens is 418 g/mol. The Hall–Kier alpha value is -2.17. The number of hydrogen-bond acceptors (Lipinski definition) is 8. The van der Waals surface area contributed by atoms with E-state index >= 15 is 0 Å². The van der Waals surface area contributed by atoms with Crippen molar-refractivity contribution >= 4 is 33.6 Å². The lowest BCUT2D eigenvalue weighted by atomic mass is 10.0. The second-order valence-corrected chi connectivity index (χ2v) is 8.89. The lowest BCUT2D eigenvalue weighted by Crippen LogP contribution is -2.24. The van der Waals surface area contributed by atoms with Gasteiger partial charge in [0.2, 0.25) is 5.91 Å². The Balaban J connectivity index is 1.55. The summed E-state index contributed by atoms with van der Waals surface area (Å²) in [5.74, 6) is 0.00854. The molecule has 158 valence electrons. The third-order valence-electron chi connectivity index (χ3n) is 4.84. The molecular formula is C21H25N5O2S2. The maximum Gasteiger partial charge on any atom is 0.226 e. The molecule has 3 N–H and O–H groups in total. The maximum absolute atomic E-state index is 12.5. The number of anilines is 1. The van der Waals surface area contributed by atoms with E-state index in [2.05, 4.69) is 20.9 Å². The summed E-state index contributed by atoms with van der Waals surface area (Å²) in [6.07, 6.45) is 3.13. The molecule has 0 atom stereocenters. The molecule has 4 heterocycles. The van der Waals surface area contributed by atoms with Gasteiger partial charge in [0.25, 0.3) is 0 Å². The van der Waals surface area contributed by atoms with Crippen LogP contribution in [-0.4, -0.2) is 49.2 Å². The van der Waals surface area contributed by atoms with Gasteiger partial charge in [-0.25, -0.2) is 4.98 Å². The topological polar surface area (TPSA) is 88.2 Å². The number of nitrogens with zero attached hydrogens (tertiary/aromatic N) is 2. The number of pyridine rings is 1. The minimum absolute atomic E-state index is 0.00854. The van der Waals surface area contributed by atoms with Gasteiger partial charge in [0.15, 0.2) is 0 Å². The number of nitrogens with one attached hydrogen (secondary N) is 3. The SMILES string of the molecule is COCCNCCC(=O)Nc1sc2c(c1-c1nc(-c3ccccn3)cs1)CCNC2. The first kappa shape index (κ1) is 21.1. The molecule has 0 aromatic carbocycles. The highest BCUT2D eigenvalue weighted by Gasteiger charge is 2.25. The molecule has 0 saturated carbocycles. The zero-order chi connectivity index (χ0) is 20.8. The van der Waals surface area contributed by atoms with Gasteiger partial charge in [0, 0.05) is 55.2 Å². The summed E-state index contributed by atoms with van der Waals surface area (Å²) in [5, 5.41) is 13.6. The molecule has 0 saturated heterocycles. The van der Waals surface area contributed by atoms with Crippen LogP contribution in [-0.2, 0) is 22.5 Å². The van der Waals surface area contributed by atoms with Crippen LogP contribution in [0, 0.1) is 0 Å². The van der Waals surface area contributed by atoms with Gasteiger partial charge in [-0.3, -0.25) is 9.78 Å². The predicted molar refractivity (Wildman–Crippen MR) is 122 cm³/mol. The summed E-state index contributed by atoms with van der Waals surface area (Å²) in [4.78, 5) is 23.1. The van der Waals surface area contributed by atoms with E-state index in [0.29, 0.717) is 19.6 Å². The number of rotatable bonds is 9. The highest BCUT2D eigenvalue weighted by Crippen LogP contribution is 2.44. The van der Waals surface area contributed by atoms with Gasteiger partial charge in [0.1, 0.15) is 15.7 Å². The summed E-state index contributed by atoms with van der Waals surface area (Å²) in [7, 11) is 1.67. The Kier molecular flexibility index (Phi) is 7.19. The van der Waals surface area contributed by atoms with Crippen LogP contribution in [0.1, 0.15) is 16.9 Å². The number of ether oxygens (including phenoxy) is 1. The minimum Gasteiger partial charge on any atom is -0.383 e. The lowest BCUT2D eigenvalue weighted by molar-refractivity contribution is -0.116. The molecule has 0 aliphatic carbocycles. The first-order valence-electron chi connectivity index (χ1n) is 9.98. The number of methoxy groups -OCH3 is 1. The molecule has 3 aromatic heterocycles. The average Bonchev–Trinajstić information content (AvgIpc) is 3.38. The zero-order valence-electron chi connectivity index (χ0n) is 16.9.